The van der Waals surface area contributed by atoms with Gasteiger partial charge in [-0.3, -0.25) is 10.1 Å². The second kappa shape index (κ2) is 5.66. The van der Waals surface area contributed by atoms with Gasteiger partial charge < -0.3 is 11.1 Å². The lowest BCUT2D eigenvalue weighted by Gasteiger charge is -2.13. The van der Waals surface area contributed by atoms with Crippen molar-refractivity contribution in [1.82, 2.24) is 4.98 Å². The molecule has 0 amide bonds. The first-order valence-electron chi connectivity index (χ1n) is 5.75. The molecule has 7 heteroatoms. The summed E-state index contributed by atoms with van der Waals surface area (Å²) in [6, 6.07) is 6.80. The molecule has 100 valence electrons. The molecule has 1 unspecified atom stereocenters. The zero-order valence-electron chi connectivity index (χ0n) is 10.4. The fourth-order valence-electron chi connectivity index (χ4n) is 1.75. The van der Waals surface area contributed by atoms with Crippen LogP contribution in [0.4, 0.5) is 17.3 Å². The van der Waals surface area contributed by atoms with E-state index in [1.165, 1.54) is 17.0 Å². The van der Waals surface area contributed by atoms with Gasteiger partial charge in [-0.15, -0.1) is 11.3 Å². The van der Waals surface area contributed by atoms with Crippen LogP contribution in [0.3, 0.4) is 0 Å². The van der Waals surface area contributed by atoms with Gasteiger partial charge in [0.15, 0.2) is 0 Å². The number of nitrogen functional groups attached to an aromatic ring is 1. The molecule has 0 radical (unpaired) electrons. The van der Waals surface area contributed by atoms with E-state index >= 15 is 0 Å². The summed E-state index contributed by atoms with van der Waals surface area (Å²) in [6.07, 6.45) is 0.835. The van der Waals surface area contributed by atoms with Gasteiger partial charge in [0.2, 0.25) is 0 Å². The van der Waals surface area contributed by atoms with Crippen molar-refractivity contribution in [1.29, 1.82) is 0 Å². The molecule has 19 heavy (non-hydrogen) atoms. The molecule has 1 atom stereocenters. The Morgan fingerprint density at radius 3 is 3.00 bits per heavy atom. The molecule has 0 aliphatic carbocycles. The van der Waals surface area contributed by atoms with Crippen LogP contribution in [0.2, 0.25) is 0 Å². The zero-order chi connectivity index (χ0) is 13.8. The Morgan fingerprint density at radius 1 is 1.58 bits per heavy atom. The molecule has 3 N–H and O–H groups in total. The Bertz CT molecular complexity index is 571. The normalized spacial score (nSPS) is 12.1. The summed E-state index contributed by atoms with van der Waals surface area (Å²) in [6.45, 7) is 2.00. The van der Waals surface area contributed by atoms with Gasteiger partial charge in [-0.25, -0.2) is 4.98 Å². The first-order chi connectivity index (χ1) is 9.04. The number of pyridine rings is 1. The molecule has 0 aromatic carbocycles. The van der Waals surface area contributed by atoms with Gasteiger partial charge in [0.25, 0.3) is 5.69 Å². The maximum Gasteiger partial charge on any atom is 0.276 e. The van der Waals surface area contributed by atoms with Crippen LogP contribution in [-0.4, -0.2) is 15.9 Å². The number of aromatic nitrogens is 1. The average Bonchev–Trinajstić information content (AvgIpc) is 2.80. The minimum atomic E-state index is -0.479. The van der Waals surface area contributed by atoms with E-state index in [4.69, 9.17) is 5.73 Å². The maximum atomic E-state index is 10.7. The number of rotatable bonds is 5. The Kier molecular flexibility index (Phi) is 3.96. The van der Waals surface area contributed by atoms with E-state index in [2.05, 4.69) is 16.4 Å². The van der Waals surface area contributed by atoms with Crippen LogP contribution in [0, 0.1) is 10.1 Å². The van der Waals surface area contributed by atoms with E-state index in [1.807, 2.05) is 18.4 Å². The molecule has 2 aromatic rings. The Labute approximate surface area is 114 Å². The van der Waals surface area contributed by atoms with E-state index < -0.39 is 4.92 Å². The number of nitrogens with two attached hydrogens (primary N) is 1. The number of nitro groups is 1. The van der Waals surface area contributed by atoms with Crippen LogP contribution in [-0.2, 0) is 6.42 Å². The molecule has 0 aliphatic heterocycles. The third-order valence-electron chi connectivity index (χ3n) is 2.52. The highest BCUT2D eigenvalue weighted by Crippen LogP contribution is 2.20. The lowest BCUT2D eigenvalue weighted by atomic mass is 10.2. The summed E-state index contributed by atoms with van der Waals surface area (Å²) in [5.41, 5.74) is 5.50. The van der Waals surface area contributed by atoms with Crippen molar-refractivity contribution in [3.05, 3.63) is 44.6 Å². The topological polar surface area (TPSA) is 94.1 Å². The van der Waals surface area contributed by atoms with E-state index in [0.29, 0.717) is 5.82 Å². The van der Waals surface area contributed by atoms with E-state index in [9.17, 15) is 10.1 Å². The standard InChI is InChI=1S/C12H14N4O2S/c1-8(5-10-3-2-4-19-10)14-12-7-9(16(17)18)6-11(13)15-12/h2-4,6-8H,5H2,1H3,(H3,13,14,15). The quantitative estimate of drug-likeness (QED) is 0.647. The first-order valence-corrected chi connectivity index (χ1v) is 6.63. The summed E-state index contributed by atoms with van der Waals surface area (Å²) in [7, 11) is 0. The minimum absolute atomic E-state index is 0.0571. The smallest absolute Gasteiger partial charge is 0.276 e. The van der Waals surface area contributed by atoms with Gasteiger partial charge in [0.1, 0.15) is 11.6 Å². The van der Waals surface area contributed by atoms with Crippen molar-refractivity contribution in [2.45, 2.75) is 19.4 Å². The van der Waals surface area contributed by atoms with Crippen molar-refractivity contribution in [3.63, 3.8) is 0 Å². The highest BCUT2D eigenvalue weighted by molar-refractivity contribution is 7.09. The zero-order valence-corrected chi connectivity index (χ0v) is 11.2. The monoisotopic (exact) mass is 278 g/mol. The summed E-state index contributed by atoms with van der Waals surface area (Å²) in [4.78, 5) is 15.6. The fraction of sp³-hybridized carbons (Fsp3) is 0.250. The van der Waals surface area contributed by atoms with E-state index in [0.717, 1.165) is 6.42 Å². The molecular formula is C12H14N4O2S. The van der Waals surface area contributed by atoms with E-state index in [1.54, 1.807) is 11.3 Å². The third-order valence-corrected chi connectivity index (χ3v) is 3.42. The van der Waals surface area contributed by atoms with Crippen LogP contribution in [0.25, 0.3) is 0 Å². The number of hydrogen-bond acceptors (Lipinski definition) is 6. The molecule has 0 saturated heterocycles. The number of anilines is 2. The summed E-state index contributed by atoms with van der Waals surface area (Å²) in [5.74, 6) is 0.566. The van der Waals surface area contributed by atoms with Crippen molar-refractivity contribution < 1.29 is 4.92 Å². The second-order valence-electron chi connectivity index (χ2n) is 4.22. The Hall–Kier alpha value is -2.15. The summed E-state index contributed by atoms with van der Waals surface area (Å²) >= 11 is 1.68. The molecule has 2 rings (SSSR count). The van der Waals surface area contributed by atoms with Crippen LogP contribution < -0.4 is 11.1 Å². The van der Waals surface area contributed by atoms with Crippen LogP contribution in [0.1, 0.15) is 11.8 Å². The SMILES string of the molecule is CC(Cc1cccs1)Nc1cc([N+](=O)[O-])cc(N)n1. The molecular weight excluding hydrogens is 264 g/mol. The van der Waals surface area contributed by atoms with Crippen LogP contribution >= 0.6 is 11.3 Å². The van der Waals surface area contributed by atoms with Crippen molar-refractivity contribution in [2.75, 3.05) is 11.1 Å². The number of hydrogen-bond donors (Lipinski definition) is 2. The average molecular weight is 278 g/mol. The molecule has 0 spiro atoms. The predicted octanol–water partition coefficient (Wildman–Crippen LogP) is 2.68. The second-order valence-corrected chi connectivity index (χ2v) is 5.25. The third kappa shape index (κ3) is 3.65. The van der Waals surface area contributed by atoms with Gasteiger partial charge in [0, 0.05) is 17.3 Å². The molecule has 2 aromatic heterocycles. The highest BCUT2D eigenvalue weighted by Gasteiger charge is 2.12. The van der Waals surface area contributed by atoms with Crippen LogP contribution in [0.15, 0.2) is 29.6 Å². The van der Waals surface area contributed by atoms with Gasteiger partial charge in [-0.05, 0) is 18.4 Å². The Morgan fingerprint density at radius 2 is 2.37 bits per heavy atom. The minimum Gasteiger partial charge on any atom is -0.383 e. The lowest BCUT2D eigenvalue weighted by Crippen LogP contribution is -2.18. The number of thiophene rings is 1. The molecule has 0 fully saturated rings. The van der Waals surface area contributed by atoms with Crippen molar-refractivity contribution in [3.8, 4) is 0 Å². The molecule has 0 bridgehead atoms. The van der Waals surface area contributed by atoms with Crippen molar-refractivity contribution in [2.24, 2.45) is 0 Å². The number of nitrogens with zero attached hydrogens (tertiary/aromatic N) is 2. The summed E-state index contributed by atoms with van der Waals surface area (Å²) in [5, 5.41) is 15.9. The highest BCUT2D eigenvalue weighted by atomic mass is 32.1. The fourth-order valence-corrected chi connectivity index (χ4v) is 2.59. The van der Waals surface area contributed by atoms with Crippen LogP contribution in [0.5, 0.6) is 0 Å². The molecule has 0 saturated carbocycles. The maximum absolute atomic E-state index is 10.7. The summed E-state index contributed by atoms with van der Waals surface area (Å²) < 4.78 is 0. The largest absolute Gasteiger partial charge is 0.383 e. The molecule has 6 nitrogen and oxygen atoms in total. The van der Waals surface area contributed by atoms with E-state index in [-0.39, 0.29) is 17.5 Å². The molecule has 2 heterocycles. The predicted molar refractivity (Wildman–Crippen MR) is 76.4 cm³/mol. The number of nitrogens with one attached hydrogen (secondary N) is 1. The first kappa shape index (κ1) is 13.3. The molecule has 0 aliphatic rings. The van der Waals surface area contributed by atoms with Gasteiger partial charge in [-0.1, -0.05) is 6.07 Å². The van der Waals surface area contributed by atoms with Gasteiger partial charge in [-0.2, -0.15) is 0 Å². The van der Waals surface area contributed by atoms with Gasteiger partial charge in [0.05, 0.1) is 17.1 Å². The van der Waals surface area contributed by atoms with Crippen molar-refractivity contribution >= 4 is 28.7 Å². The lowest BCUT2D eigenvalue weighted by molar-refractivity contribution is -0.384. The van der Waals surface area contributed by atoms with Gasteiger partial charge >= 0.3 is 0 Å². The Balaban J connectivity index is 2.08.